The second kappa shape index (κ2) is 7.56. The van der Waals surface area contributed by atoms with Crippen molar-refractivity contribution in [1.29, 1.82) is 0 Å². The molecule has 1 amide bonds. The molecule has 0 bridgehead atoms. The summed E-state index contributed by atoms with van der Waals surface area (Å²) in [7, 11) is 0. The van der Waals surface area contributed by atoms with Crippen LogP contribution in [0.2, 0.25) is 0 Å². The zero-order valence-electron chi connectivity index (χ0n) is 15.3. The van der Waals surface area contributed by atoms with Crippen LogP contribution in [0.3, 0.4) is 0 Å². The fourth-order valence-electron chi connectivity index (χ4n) is 4.24. The van der Waals surface area contributed by atoms with Crippen molar-refractivity contribution >= 4 is 5.91 Å². The van der Waals surface area contributed by atoms with Crippen molar-refractivity contribution in [3.63, 3.8) is 0 Å². The normalized spacial score (nSPS) is 25.7. The third-order valence-corrected chi connectivity index (χ3v) is 5.48. The third-order valence-electron chi connectivity index (χ3n) is 5.48. The minimum Gasteiger partial charge on any atom is -0.378 e. The van der Waals surface area contributed by atoms with E-state index in [1.807, 2.05) is 6.07 Å². The van der Waals surface area contributed by atoms with Crippen LogP contribution in [0, 0.1) is 17.5 Å². The van der Waals surface area contributed by atoms with Crippen LogP contribution in [0.25, 0.3) is 0 Å². The third kappa shape index (κ3) is 3.77. The quantitative estimate of drug-likeness (QED) is 0.876. The summed E-state index contributed by atoms with van der Waals surface area (Å²) in [5, 5.41) is 3.10. The number of carbonyl (C=O) groups is 1. The Labute approximate surface area is 161 Å². The number of amides is 1. The van der Waals surface area contributed by atoms with Crippen molar-refractivity contribution in [3.8, 4) is 0 Å². The zero-order chi connectivity index (χ0) is 19.7. The lowest BCUT2D eigenvalue weighted by atomic mass is 9.82. The summed E-state index contributed by atoms with van der Waals surface area (Å²) in [4.78, 5) is 14.3. The molecule has 2 aliphatic rings. The molecule has 1 spiro atoms. The highest BCUT2D eigenvalue weighted by molar-refractivity contribution is 5.77. The first kappa shape index (κ1) is 19.0. The summed E-state index contributed by atoms with van der Waals surface area (Å²) in [6.45, 7) is 2.05. The van der Waals surface area contributed by atoms with Crippen LogP contribution in [0.15, 0.2) is 42.5 Å². The van der Waals surface area contributed by atoms with E-state index >= 15 is 0 Å². The Hall–Kier alpha value is -2.38. The number of ether oxygens (including phenoxy) is 1. The van der Waals surface area contributed by atoms with Gasteiger partial charge in [-0.1, -0.05) is 18.2 Å². The van der Waals surface area contributed by atoms with Gasteiger partial charge >= 0.3 is 0 Å². The molecule has 2 heterocycles. The Kier molecular flexibility index (Phi) is 5.12. The van der Waals surface area contributed by atoms with E-state index in [-0.39, 0.29) is 24.1 Å². The van der Waals surface area contributed by atoms with Crippen LogP contribution < -0.4 is 5.32 Å². The molecule has 2 fully saturated rings. The molecule has 0 unspecified atom stereocenters. The first-order chi connectivity index (χ1) is 13.4. The van der Waals surface area contributed by atoms with Crippen molar-refractivity contribution in [2.75, 3.05) is 26.3 Å². The smallest absolute Gasteiger partial charge is 0.222 e. The van der Waals surface area contributed by atoms with Gasteiger partial charge in [0.1, 0.15) is 5.82 Å². The SMILES string of the molecule is O=C1CCOC[C@]2(CN(Cc3ccc(F)c(F)c3)C[C@H]2c2cccc(F)c2)N1. The Morgan fingerprint density at radius 3 is 2.79 bits per heavy atom. The maximum Gasteiger partial charge on any atom is 0.222 e. The summed E-state index contributed by atoms with van der Waals surface area (Å²) >= 11 is 0. The predicted octanol–water partition coefficient (Wildman–Crippen LogP) is 2.98. The number of benzene rings is 2. The fraction of sp³-hybridized carbons (Fsp3) is 0.381. The number of likely N-dealkylation sites (tertiary alicyclic amines) is 1. The van der Waals surface area contributed by atoms with Crippen LogP contribution in [0.5, 0.6) is 0 Å². The molecule has 2 saturated heterocycles. The van der Waals surface area contributed by atoms with Gasteiger partial charge in [-0.15, -0.1) is 0 Å². The molecule has 0 radical (unpaired) electrons. The zero-order valence-corrected chi connectivity index (χ0v) is 15.3. The molecule has 4 nitrogen and oxygen atoms in total. The van der Waals surface area contributed by atoms with Crippen molar-refractivity contribution in [1.82, 2.24) is 10.2 Å². The number of halogens is 3. The number of hydrogen-bond acceptors (Lipinski definition) is 3. The van der Waals surface area contributed by atoms with Gasteiger partial charge in [0.15, 0.2) is 11.6 Å². The first-order valence-corrected chi connectivity index (χ1v) is 9.26. The van der Waals surface area contributed by atoms with Gasteiger partial charge in [0.05, 0.1) is 18.8 Å². The van der Waals surface area contributed by atoms with Crippen molar-refractivity contribution < 1.29 is 22.7 Å². The topological polar surface area (TPSA) is 41.6 Å². The lowest BCUT2D eigenvalue weighted by Crippen LogP contribution is -2.55. The second-order valence-corrected chi connectivity index (χ2v) is 7.53. The summed E-state index contributed by atoms with van der Waals surface area (Å²) in [5.74, 6) is -2.40. The highest BCUT2D eigenvalue weighted by Crippen LogP contribution is 2.38. The highest BCUT2D eigenvalue weighted by Gasteiger charge is 2.49. The van der Waals surface area contributed by atoms with Gasteiger partial charge < -0.3 is 10.1 Å². The van der Waals surface area contributed by atoms with Gasteiger partial charge in [0, 0.05) is 32.0 Å². The van der Waals surface area contributed by atoms with E-state index in [0.29, 0.717) is 38.4 Å². The standard InChI is InChI=1S/C21H21F3N2O2/c22-16-3-1-2-15(9-16)17-11-26(10-14-4-5-18(23)19(24)8-14)12-21(17)13-28-7-6-20(27)25-21/h1-5,8-9,17H,6-7,10-13H2,(H,25,27)/t17-,21-/m0/s1. The average molecular weight is 390 g/mol. The molecule has 0 saturated carbocycles. The molecular formula is C21H21F3N2O2. The monoisotopic (exact) mass is 390 g/mol. The summed E-state index contributed by atoms with van der Waals surface area (Å²) < 4.78 is 46.4. The molecule has 7 heteroatoms. The summed E-state index contributed by atoms with van der Waals surface area (Å²) in [6, 6.07) is 10.2. The molecule has 0 aliphatic carbocycles. The number of nitrogens with zero attached hydrogens (tertiary/aromatic N) is 1. The lowest BCUT2D eigenvalue weighted by Gasteiger charge is -2.34. The van der Waals surface area contributed by atoms with Crippen LogP contribution >= 0.6 is 0 Å². The predicted molar refractivity (Wildman–Crippen MR) is 97.1 cm³/mol. The number of rotatable bonds is 3. The lowest BCUT2D eigenvalue weighted by molar-refractivity contribution is -0.122. The summed E-state index contributed by atoms with van der Waals surface area (Å²) in [6.07, 6.45) is 0.279. The largest absolute Gasteiger partial charge is 0.378 e. The van der Waals surface area contributed by atoms with Crippen molar-refractivity contribution in [2.24, 2.45) is 0 Å². The molecule has 2 aromatic carbocycles. The highest BCUT2D eigenvalue weighted by atomic mass is 19.2. The van der Waals surface area contributed by atoms with Crippen LogP contribution in [0.4, 0.5) is 13.2 Å². The number of carbonyl (C=O) groups excluding carboxylic acids is 1. The molecule has 2 aliphatic heterocycles. The fourth-order valence-corrected chi connectivity index (χ4v) is 4.24. The van der Waals surface area contributed by atoms with Crippen LogP contribution in [0.1, 0.15) is 23.5 Å². The van der Waals surface area contributed by atoms with Gasteiger partial charge in [-0.05, 0) is 35.4 Å². The van der Waals surface area contributed by atoms with Crippen molar-refractivity contribution in [2.45, 2.75) is 24.4 Å². The van der Waals surface area contributed by atoms with E-state index in [2.05, 4.69) is 10.2 Å². The van der Waals surface area contributed by atoms with Gasteiger partial charge in [-0.3, -0.25) is 9.69 Å². The van der Waals surface area contributed by atoms with E-state index in [4.69, 9.17) is 4.74 Å². The van der Waals surface area contributed by atoms with Crippen LogP contribution in [-0.4, -0.2) is 42.6 Å². The Morgan fingerprint density at radius 2 is 2.00 bits per heavy atom. The molecule has 4 rings (SSSR count). The van der Waals surface area contributed by atoms with E-state index < -0.39 is 17.2 Å². The number of nitrogens with one attached hydrogen (secondary N) is 1. The maximum atomic E-state index is 13.8. The van der Waals surface area contributed by atoms with Gasteiger partial charge in [0.2, 0.25) is 5.91 Å². The van der Waals surface area contributed by atoms with E-state index in [0.717, 1.165) is 11.6 Å². The second-order valence-electron chi connectivity index (χ2n) is 7.53. The minimum absolute atomic E-state index is 0.103. The molecule has 28 heavy (non-hydrogen) atoms. The Morgan fingerprint density at radius 1 is 1.14 bits per heavy atom. The van der Waals surface area contributed by atoms with Gasteiger partial charge in [0.25, 0.3) is 0 Å². The van der Waals surface area contributed by atoms with Gasteiger partial charge in [-0.25, -0.2) is 13.2 Å². The molecular weight excluding hydrogens is 369 g/mol. The molecule has 0 aromatic heterocycles. The minimum atomic E-state index is -0.890. The van der Waals surface area contributed by atoms with E-state index in [9.17, 15) is 18.0 Å². The van der Waals surface area contributed by atoms with Crippen molar-refractivity contribution in [3.05, 3.63) is 71.0 Å². The molecule has 148 valence electrons. The summed E-state index contributed by atoms with van der Waals surface area (Å²) in [5.41, 5.74) is 0.716. The van der Waals surface area contributed by atoms with E-state index in [1.54, 1.807) is 12.1 Å². The maximum absolute atomic E-state index is 13.8. The molecule has 2 atom stereocenters. The first-order valence-electron chi connectivity index (χ1n) is 9.26. The Bertz CT molecular complexity index is 892. The van der Waals surface area contributed by atoms with Gasteiger partial charge in [-0.2, -0.15) is 0 Å². The van der Waals surface area contributed by atoms with Crippen LogP contribution in [-0.2, 0) is 16.1 Å². The average Bonchev–Trinajstić information content (AvgIpc) is 2.88. The molecule has 2 aromatic rings. The molecule has 1 N–H and O–H groups in total. The number of hydrogen-bond donors (Lipinski definition) is 1. The Balaban J connectivity index is 1.64. The van der Waals surface area contributed by atoms with E-state index in [1.165, 1.54) is 18.2 Å².